The number of fused-ring (bicyclic) bond motifs is 3. The summed E-state index contributed by atoms with van der Waals surface area (Å²) in [6.45, 7) is 2.90. The molecule has 5 rings (SSSR count). The molecule has 0 radical (unpaired) electrons. The topological polar surface area (TPSA) is 89.4 Å². The summed E-state index contributed by atoms with van der Waals surface area (Å²) < 4.78 is 11.5. The van der Waals surface area contributed by atoms with Crippen molar-refractivity contribution in [1.29, 1.82) is 0 Å². The number of hydrogen-bond acceptors (Lipinski definition) is 5. The molecule has 0 spiro atoms. The number of hydrogen-bond donors (Lipinski definition) is 2. The zero-order valence-corrected chi connectivity index (χ0v) is 18.6. The maximum atomic E-state index is 11.1. The maximum absolute atomic E-state index is 11.1. The van der Waals surface area contributed by atoms with Crippen LogP contribution in [0.15, 0.2) is 60.7 Å². The van der Waals surface area contributed by atoms with Crippen molar-refractivity contribution in [2.24, 2.45) is 0 Å². The van der Waals surface area contributed by atoms with E-state index in [-0.39, 0.29) is 16.7 Å². The fraction of sp³-hybridized carbons (Fsp3) is 0.231. The minimum Gasteiger partial charge on any atom is -0.496 e. The summed E-state index contributed by atoms with van der Waals surface area (Å²) in [6.07, 6.45) is 0.988. The number of aryl methyl sites for hydroxylation is 1. The van der Waals surface area contributed by atoms with E-state index in [0.717, 1.165) is 35.4 Å². The van der Waals surface area contributed by atoms with E-state index >= 15 is 0 Å². The van der Waals surface area contributed by atoms with Crippen molar-refractivity contribution >= 4 is 16.6 Å². The first-order valence-corrected chi connectivity index (χ1v) is 10.9. The number of benzene rings is 3. The SMILES string of the molecule is COc1ccc([C@@H]2NCCc3c2[nH]c2ccccc32)cc1COc1ccc([N+](=O)[O-])c(C)c1. The first-order chi connectivity index (χ1) is 16.0. The number of nitrogens with zero attached hydrogens (tertiary/aromatic N) is 1. The van der Waals surface area contributed by atoms with Crippen molar-refractivity contribution in [3.05, 3.63) is 98.7 Å². The van der Waals surface area contributed by atoms with Gasteiger partial charge in [-0.3, -0.25) is 10.1 Å². The molecular weight excluding hydrogens is 418 g/mol. The molecular formula is C26H25N3O4. The fourth-order valence-electron chi connectivity index (χ4n) is 4.64. The van der Waals surface area contributed by atoms with Crippen LogP contribution < -0.4 is 14.8 Å². The number of methoxy groups -OCH3 is 1. The lowest BCUT2D eigenvalue weighted by Crippen LogP contribution is -2.30. The zero-order valence-electron chi connectivity index (χ0n) is 18.6. The standard InChI is InChI=1S/C26H25N3O4/c1-16-13-19(8-9-23(16)29(30)31)33-15-18-14-17(7-10-24(18)32-2)25-26-21(11-12-27-25)20-5-3-4-6-22(20)28-26/h3-10,13-14,25,27-28H,11-12,15H2,1-2H3/t25-/m0/s1. The summed E-state index contributed by atoms with van der Waals surface area (Å²) in [5, 5.41) is 16.0. The molecule has 3 aromatic carbocycles. The minimum absolute atomic E-state index is 0.0485. The zero-order chi connectivity index (χ0) is 22.9. The highest BCUT2D eigenvalue weighted by atomic mass is 16.6. The maximum Gasteiger partial charge on any atom is 0.272 e. The van der Waals surface area contributed by atoms with Gasteiger partial charge in [0.1, 0.15) is 18.1 Å². The molecule has 7 nitrogen and oxygen atoms in total. The predicted octanol–water partition coefficient (Wildman–Crippen LogP) is 5.21. The van der Waals surface area contributed by atoms with E-state index in [4.69, 9.17) is 9.47 Å². The molecule has 168 valence electrons. The molecule has 1 aliphatic heterocycles. The number of ether oxygens (including phenoxy) is 2. The van der Waals surface area contributed by atoms with Gasteiger partial charge in [0.2, 0.25) is 0 Å². The van der Waals surface area contributed by atoms with Crippen LogP contribution in [0.2, 0.25) is 0 Å². The van der Waals surface area contributed by atoms with Crippen LogP contribution in [0.4, 0.5) is 5.69 Å². The van der Waals surface area contributed by atoms with Gasteiger partial charge >= 0.3 is 0 Å². The van der Waals surface area contributed by atoms with E-state index in [1.54, 1.807) is 26.2 Å². The lowest BCUT2D eigenvalue weighted by molar-refractivity contribution is -0.385. The number of para-hydroxylation sites is 1. The van der Waals surface area contributed by atoms with E-state index in [0.29, 0.717) is 17.9 Å². The van der Waals surface area contributed by atoms with E-state index in [1.165, 1.54) is 22.7 Å². The monoisotopic (exact) mass is 443 g/mol. The van der Waals surface area contributed by atoms with Crippen LogP contribution >= 0.6 is 0 Å². The van der Waals surface area contributed by atoms with Gasteiger partial charge in [0.15, 0.2) is 0 Å². The number of H-pyrrole nitrogens is 1. The Morgan fingerprint density at radius 1 is 1.12 bits per heavy atom. The molecule has 1 aromatic heterocycles. The number of aromatic nitrogens is 1. The van der Waals surface area contributed by atoms with E-state index in [2.05, 4.69) is 46.7 Å². The third kappa shape index (κ3) is 3.91. The lowest BCUT2D eigenvalue weighted by Gasteiger charge is -2.25. The molecule has 2 N–H and O–H groups in total. The molecule has 1 atom stereocenters. The second-order valence-electron chi connectivity index (χ2n) is 8.27. The Bertz CT molecular complexity index is 1340. The minimum atomic E-state index is -0.388. The van der Waals surface area contributed by atoms with Crippen LogP contribution in [-0.2, 0) is 13.0 Å². The molecule has 0 amide bonds. The van der Waals surface area contributed by atoms with Crippen LogP contribution in [0.25, 0.3) is 10.9 Å². The highest BCUT2D eigenvalue weighted by Crippen LogP contribution is 2.35. The second-order valence-corrected chi connectivity index (χ2v) is 8.27. The van der Waals surface area contributed by atoms with Crippen LogP contribution in [0.3, 0.4) is 0 Å². The van der Waals surface area contributed by atoms with Crippen molar-refractivity contribution < 1.29 is 14.4 Å². The van der Waals surface area contributed by atoms with Gasteiger partial charge in [-0.1, -0.05) is 24.3 Å². The molecule has 0 fully saturated rings. The Labute approximate surface area is 191 Å². The van der Waals surface area contributed by atoms with Crippen LogP contribution in [-0.4, -0.2) is 23.6 Å². The van der Waals surface area contributed by atoms with E-state index in [1.807, 2.05) is 6.07 Å². The third-order valence-corrected chi connectivity index (χ3v) is 6.26. The summed E-state index contributed by atoms with van der Waals surface area (Å²) in [5.74, 6) is 1.32. The van der Waals surface area contributed by atoms with Gasteiger partial charge in [-0.2, -0.15) is 0 Å². The smallest absolute Gasteiger partial charge is 0.272 e. The molecule has 0 saturated heterocycles. The predicted molar refractivity (Wildman–Crippen MR) is 127 cm³/mol. The van der Waals surface area contributed by atoms with Gasteiger partial charge in [0.05, 0.1) is 18.1 Å². The van der Waals surface area contributed by atoms with Gasteiger partial charge in [0.25, 0.3) is 5.69 Å². The average Bonchev–Trinajstić information content (AvgIpc) is 3.21. The molecule has 0 aliphatic carbocycles. The quantitative estimate of drug-likeness (QED) is 0.316. The summed E-state index contributed by atoms with van der Waals surface area (Å²) >= 11 is 0. The van der Waals surface area contributed by atoms with Crippen LogP contribution in [0.1, 0.15) is 34.0 Å². The molecule has 1 aliphatic rings. The van der Waals surface area contributed by atoms with Crippen molar-refractivity contribution in [2.45, 2.75) is 26.0 Å². The van der Waals surface area contributed by atoms with Crippen LogP contribution in [0, 0.1) is 17.0 Å². The van der Waals surface area contributed by atoms with Crippen LogP contribution in [0.5, 0.6) is 11.5 Å². The number of aromatic amines is 1. The summed E-state index contributed by atoms with van der Waals surface area (Å²) in [7, 11) is 1.64. The average molecular weight is 444 g/mol. The molecule has 2 heterocycles. The molecule has 0 saturated carbocycles. The number of nitro groups is 1. The van der Waals surface area contributed by atoms with E-state index in [9.17, 15) is 10.1 Å². The number of nitrogens with one attached hydrogen (secondary N) is 2. The molecule has 33 heavy (non-hydrogen) atoms. The Morgan fingerprint density at radius 2 is 1.97 bits per heavy atom. The highest BCUT2D eigenvalue weighted by Gasteiger charge is 2.25. The van der Waals surface area contributed by atoms with Crippen molar-refractivity contribution in [1.82, 2.24) is 10.3 Å². The lowest BCUT2D eigenvalue weighted by atomic mass is 9.93. The van der Waals surface area contributed by atoms with Gasteiger partial charge in [-0.25, -0.2) is 0 Å². The summed E-state index contributed by atoms with van der Waals surface area (Å²) in [4.78, 5) is 14.3. The van der Waals surface area contributed by atoms with Gasteiger partial charge in [0, 0.05) is 40.3 Å². The van der Waals surface area contributed by atoms with Crippen molar-refractivity contribution in [2.75, 3.05) is 13.7 Å². The van der Waals surface area contributed by atoms with Crippen molar-refractivity contribution in [3.8, 4) is 11.5 Å². The summed E-state index contributed by atoms with van der Waals surface area (Å²) in [5.41, 5.74) is 6.41. The Hall–Kier alpha value is -3.84. The van der Waals surface area contributed by atoms with Crippen molar-refractivity contribution in [3.63, 3.8) is 0 Å². The summed E-state index contributed by atoms with van der Waals surface area (Å²) in [6, 6.07) is 19.4. The number of rotatable bonds is 6. The van der Waals surface area contributed by atoms with Gasteiger partial charge < -0.3 is 19.8 Å². The first-order valence-electron chi connectivity index (χ1n) is 10.9. The van der Waals surface area contributed by atoms with Gasteiger partial charge in [-0.05, 0) is 54.8 Å². The Balaban J connectivity index is 1.44. The molecule has 4 aromatic rings. The van der Waals surface area contributed by atoms with Gasteiger partial charge in [-0.15, -0.1) is 0 Å². The molecule has 0 bridgehead atoms. The molecule has 0 unspecified atom stereocenters. The second kappa shape index (κ2) is 8.60. The Kier molecular flexibility index (Phi) is 5.48. The third-order valence-electron chi connectivity index (χ3n) is 6.26. The van der Waals surface area contributed by atoms with E-state index < -0.39 is 0 Å². The largest absolute Gasteiger partial charge is 0.496 e. The fourth-order valence-corrected chi connectivity index (χ4v) is 4.64. The normalized spacial score (nSPS) is 15.3. The Morgan fingerprint density at radius 3 is 2.76 bits per heavy atom. The number of nitro benzene ring substituents is 1. The highest BCUT2D eigenvalue weighted by molar-refractivity contribution is 5.85. The first kappa shape index (κ1) is 21.0. The molecule has 7 heteroatoms.